The minimum absolute atomic E-state index is 0.197. The molecular weight excluding hydrogens is 200 g/mol. The van der Waals surface area contributed by atoms with Crippen molar-refractivity contribution in [2.45, 2.75) is 26.4 Å². The molecule has 0 unspecified atom stereocenters. The summed E-state index contributed by atoms with van der Waals surface area (Å²) >= 11 is 0. The number of rotatable bonds is 4. The molecule has 0 heterocycles. The quantitative estimate of drug-likeness (QED) is 0.766. The predicted molar refractivity (Wildman–Crippen MR) is 51.7 cm³/mol. The van der Waals surface area contributed by atoms with Crippen molar-refractivity contribution in [1.82, 2.24) is 0 Å². The van der Waals surface area contributed by atoms with E-state index in [2.05, 4.69) is 4.74 Å². The van der Waals surface area contributed by atoms with E-state index < -0.39 is 6.61 Å². The zero-order valence-electron chi connectivity index (χ0n) is 8.34. The van der Waals surface area contributed by atoms with Gasteiger partial charge in [0.05, 0.1) is 6.07 Å². The molecule has 0 amide bonds. The van der Waals surface area contributed by atoms with Gasteiger partial charge in [0.25, 0.3) is 0 Å². The zero-order chi connectivity index (χ0) is 11.3. The fraction of sp³-hybridized carbons (Fsp3) is 0.364. The Morgan fingerprint density at radius 3 is 2.80 bits per heavy atom. The summed E-state index contributed by atoms with van der Waals surface area (Å²) in [5, 5.41) is 8.43. The molecule has 4 heteroatoms. The molecule has 15 heavy (non-hydrogen) atoms. The van der Waals surface area contributed by atoms with Crippen LogP contribution < -0.4 is 4.74 Å². The van der Waals surface area contributed by atoms with Gasteiger partial charge < -0.3 is 4.74 Å². The predicted octanol–water partition coefficient (Wildman–Crippen LogP) is 3.05. The van der Waals surface area contributed by atoms with E-state index in [-0.39, 0.29) is 5.75 Å². The summed E-state index contributed by atoms with van der Waals surface area (Å²) in [6.07, 6.45) is 0.725. The van der Waals surface area contributed by atoms with Crippen LogP contribution in [0.4, 0.5) is 8.78 Å². The number of nitriles is 1. The number of benzene rings is 1. The summed E-state index contributed by atoms with van der Waals surface area (Å²) in [6.45, 7) is -1.12. The van der Waals surface area contributed by atoms with Crippen LogP contribution in [0.3, 0.4) is 0 Å². The maximum atomic E-state index is 12.1. The van der Waals surface area contributed by atoms with E-state index in [1.54, 1.807) is 25.1 Å². The molecule has 0 saturated heterocycles. The molecule has 2 nitrogen and oxygen atoms in total. The summed E-state index contributed by atoms with van der Waals surface area (Å²) in [6, 6.07) is 7.14. The molecular formula is C11H11F2NO. The van der Waals surface area contributed by atoms with Crippen LogP contribution in [0, 0.1) is 18.3 Å². The van der Waals surface area contributed by atoms with Gasteiger partial charge >= 0.3 is 6.61 Å². The highest BCUT2D eigenvalue weighted by atomic mass is 19.3. The van der Waals surface area contributed by atoms with Gasteiger partial charge in [0.15, 0.2) is 0 Å². The standard InChI is InChI=1S/C11H11F2NO/c1-8-4-2-5-9(6-3-7-14)10(8)15-11(12)13/h2,4-5,11H,3,6H2,1H3. The van der Waals surface area contributed by atoms with Crippen molar-refractivity contribution >= 4 is 0 Å². The second-order valence-electron chi connectivity index (χ2n) is 3.10. The molecule has 1 aromatic carbocycles. The van der Waals surface area contributed by atoms with Crippen molar-refractivity contribution in [2.75, 3.05) is 0 Å². The van der Waals surface area contributed by atoms with E-state index in [4.69, 9.17) is 5.26 Å². The Bertz CT molecular complexity index is 371. The first-order valence-corrected chi connectivity index (χ1v) is 4.55. The van der Waals surface area contributed by atoms with Crippen molar-refractivity contribution < 1.29 is 13.5 Å². The van der Waals surface area contributed by atoms with Gasteiger partial charge in [0.1, 0.15) is 5.75 Å². The lowest BCUT2D eigenvalue weighted by Crippen LogP contribution is -2.06. The highest BCUT2D eigenvalue weighted by Crippen LogP contribution is 2.26. The Hall–Kier alpha value is -1.63. The molecule has 0 spiro atoms. The lowest BCUT2D eigenvalue weighted by molar-refractivity contribution is -0.0508. The summed E-state index contributed by atoms with van der Waals surface area (Å²) in [5.41, 5.74) is 1.31. The molecule has 0 radical (unpaired) electrons. The first kappa shape index (κ1) is 11.4. The number of alkyl halides is 2. The van der Waals surface area contributed by atoms with Crippen LogP contribution in [-0.2, 0) is 6.42 Å². The summed E-state index contributed by atoms with van der Waals surface area (Å²) in [5.74, 6) is 0.197. The number of halogens is 2. The van der Waals surface area contributed by atoms with E-state index in [0.717, 1.165) is 0 Å². The summed E-state index contributed by atoms with van der Waals surface area (Å²) < 4.78 is 28.7. The van der Waals surface area contributed by atoms with E-state index >= 15 is 0 Å². The molecule has 80 valence electrons. The normalized spacial score (nSPS) is 10.1. The lowest BCUT2D eigenvalue weighted by atomic mass is 10.1. The van der Waals surface area contributed by atoms with Crippen molar-refractivity contribution in [2.24, 2.45) is 0 Å². The van der Waals surface area contributed by atoms with Crippen molar-refractivity contribution in [1.29, 1.82) is 5.26 Å². The molecule has 0 bridgehead atoms. The van der Waals surface area contributed by atoms with Crippen LogP contribution in [0.25, 0.3) is 0 Å². The largest absolute Gasteiger partial charge is 0.434 e. The van der Waals surface area contributed by atoms with Gasteiger partial charge in [-0.1, -0.05) is 18.2 Å². The van der Waals surface area contributed by atoms with E-state index in [1.807, 2.05) is 6.07 Å². The smallest absolute Gasteiger partial charge is 0.387 e. The Balaban J connectivity index is 2.93. The molecule has 1 rings (SSSR count). The van der Waals surface area contributed by atoms with Gasteiger partial charge in [-0.25, -0.2) is 0 Å². The van der Waals surface area contributed by atoms with E-state index in [0.29, 0.717) is 24.0 Å². The minimum Gasteiger partial charge on any atom is -0.434 e. The van der Waals surface area contributed by atoms with Gasteiger partial charge in [0, 0.05) is 6.42 Å². The molecule has 0 atom stereocenters. The van der Waals surface area contributed by atoms with Crippen LogP contribution in [0.5, 0.6) is 5.75 Å². The van der Waals surface area contributed by atoms with Gasteiger partial charge in [-0.3, -0.25) is 0 Å². The first-order chi connectivity index (χ1) is 7.15. The van der Waals surface area contributed by atoms with Crippen molar-refractivity contribution in [3.05, 3.63) is 29.3 Å². The van der Waals surface area contributed by atoms with Gasteiger partial charge in [-0.2, -0.15) is 14.0 Å². The van der Waals surface area contributed by atoms with Crippen LogP contribution in [0.2, 0.25) is 0 Å². The minimum atomic E-state index is -2.83. The lowest BCUT2D eigenvalue weighted by Gasteiger charge is -2.12. The molecule has 0 aromatic heterocycles. The Morgan fingerprint density at radius 1 is 1.47 bits per heavy atom. The second-order valence-corrected chi connectivity index (χ2v) is 3.10. The van der Waals surface area contributed by atoms with E-state index in [9.17, 15) is 8.78 Å². The monoisotopic (exact) mass is 211 g/mol. The molecule has 0 N–H and O–H groups in total. The second kappa shape index (κ2) is 5.30. The molecule has 1 aromatic rings. The van der Waals surface area contributed by atoms with Gasteiger partial charge in [-0.05, 0) is 24.5 Å². The first-order valence-electron chi connectivity index (χ1n) is 4.55. The maximum Gasteiger partial charge on any atom is 0.387 e. The zero-order valence-corrected chi connectivity index (χ0v) is 8.34. The Kier molecular flexibility index (Phi) is 4.04. The highest BCUT2D eigenvalue weighted by molar-refractivity contribution is 5.41. The Labute approximate surface area is 87.1 Å². The third-order valence-corrected chi connectivity index (χ3v) is 2.01. The van der Waals surface area contributed by atoms with Crippen LogP contribution in [-0.4, -0.2) is 6.61 Å². The number of hydrogen-bond donors (Lipinski definition) is 0. The summed E-state index contributed by atoms with van der Waals surface area (Å²) in [7, 11) is 0. The van der Waals surface area contributed by atoms with Gasteiger partial charge in [-0.15, -0.1) is 0 Å². The molecule has 0 aliphatic heterocycles. The fourth-order valence-electron chi connectivity index (χ4n) is 1.36. The average molecular weight is 211 g/mol. The van der Waals surface area contributed by atoms with Crippen LogP contribution >= 0.6 is 0 Å². The SMILES string of the molecule is Cc1cccc(CCC#N)c1OC(F)F. The summed E-state index contributed by atoms with van der Waals surface area (Å²) in [4.78, 5) is 0. The number of nitrogens with zero attached hydrogens (tertiary/aromatic N) is 1. The van der Waals surface area contributed by atoms with E-state index in [1.165, 1.54) is 0 Å². The van der Waals surface area contributed by atoms with Crippen molar-refractivity contribution in [3.8, 4) is 11.8 Å². The van der Waals surface area contributed by atoms with Crippen LogP contribution in [0.15, 0.2) is 18.2 Å². The van der Waals surface area contributed by atoms with Crippen LogP contribution in [0.1, 0.15) is 17.5 Å². The topological polar surface area (TPSA) is 33.0 Å². The molecule has 0 fully saturated rings. The third kappa shape index (κ3) is 3.21. The Morgan fingerprint density at radius 2 is 2.20 bits per heavy atom. The highest BCUT2D eigenvalue weighted by Gasteiger charge is 2.11. The number of hydrogen-bond acceptors (Lipinski definition) is 2. The number of ether oxygens (including phenoxy) is 1. The number of aryl methyl sites for hydroxylation is 2. The molecule has 0 aliphatic carbocycles. The maximum absolute atomic E-state index is 12.1. The molecule has 0 aliphatic rings. The van der Waals surface area contributed by atoms with Gasteiger partial charge in [0.2, 0.25) is 0 Å². The van der Waals surface area contributed by atoms with Crippen molar-refractivity contribution in [3.63, 3.8) is 0 Å². The third-order valence-electron chi connectivity index (χ3n) is 2.01. The average Bonchev–Trinajstić information content (AvgIpc) is 2.18. The number of para-hydroxylation sites is 1. The fourth-order valence-corrected chi connectivity index (χ4v) is 1.36. The molecule has 0 saturated carbocycles.